The normalized spacial score (nSPS) is 13.2. The van der Waals surface area contributed by atoms with E-state index in [0.717, 1.165) is 12.8 Å². The molecule has 0 bridgehead atoms. The lowest BCUT2D eigenvalue weighted by Crippen LogP contribution is -2.06. The Morgan fingerprint density at radius 1 is 1.50 bits per heavy atom. The molecule has 0 rings (SSSR count). The molecule has 68 valence electrons. The number of carbonyl (C=O) groups is 1. The second-order valence-electron chi connectivity index (χ2n) is 2.79. The molecule has 0 fully saturated rings. The summed E-state index contributed by atoms with van der Waals surface area (Å²) in [6.45, 7) is 3.78. The zero-order valence-corrected chi connectivity index (χ0v) is 7.62. The molecule has 0 aromatic rings. The van der Waals surface area contributed by atoms with E-state index in [1.165, 1.54) is 0 Å². The lowest BCUT2D eigenvalue weighted by molar-refractivity contribution is -0.121. The van der Waals surface area contributed by atoms with E-state index in [1.54, 1.807) is 6.92 Å². The van der Waals surface area contributed by atoms with Gasteiger partial charge in [0.05, 0.1) is 0 Å². The lowest BCUT2D eigenvalue weighted by Gasteiger charge is -2.00. The maximum Gasteiger partial charge on any atom is 0.289 e. The van der Waals surface area contributed by atoms with Crippen molar-refractivity contribution in [3.63, 3.8) is 0 Å². The lowest BCUT2D eigenvalue weighted by atomic mass is 10.1. The van der Waals surface area contributed by atoms with Gasteiger partial charge in [-0.05, 0) is 19.3 Å². The third-order valence-electron chi connectivity index (χ3n) is 1.68. The van der Waals surface area contributed by atoms with Crippen molar-refractivity contribution in [1.82, 2.24) is 0 Å². The van der Waals surface area contributed by atoms with Crippen LogP contribution in [0.3, 0.4) is 0 Å². The van der Waals surface area contributed by atoms with Crippen LogP contribution in [0.15, 0.2) is 17.3 Å². The highest BCUT2D eigenvalue weighted by atomic mass is 16.3. The number of rotatable bonds is 5. The predicted molar refractivity (Wildman–Crippen MR) is 48.6 cm³/mol. The van der Waals surface area contributed by atoms with Crippen LogP contribution < -0.4 is 0 Å². The quantitative estimate of drug-likeness (QED) is 0.469. The van der Waals surface area contributed by atoms with Gasteiger partial charge in [-0.25, -0.2) is 0 Å². The summed E-state index contributed by atoms with van der Waals surface area (Å²) in [5.74, 6) is -0.774. The molecule has 0 spiro atoms. The molecule has 0 aliphatic carbocycles. The van der Waals surface area contributed by atoms with Crippen LogP contribution in [0, 0.1) is 10.8 Å². The van der Waals surface area contributed by atoms with Gasteiger partial charge in [0, 0.05) is 11.1 Å². The van der Waals surface area contributed by atoms with Crippen molar-refractivity contribution in [2.24, 2.45) is 11.1 Å². The third kappa shape index (κ3) is 4.77. The monoisotopic (exact) mass is 169 g/mol. The van der Waals surface area contributed by atoms with E-state index in [4.69, 9.17) is 0 Å². The van der Waals surface area contributed by atoms with Gasteiger partial charge in [-0.3, -0.25) is 4.79 Å². The minimum atomic E-state index is -0.542. The van der Waals surface area contributed by atoms with E-state index in [2.05, 4.69) is 12.1 Å². The maximum atomic E-state index is 10.7. The van der Waals surface area contributed by atoms with Crippen molar-refractivity contribution in [3.05, 3.63) is 17.1 Å². The van der Waals surface area contributed by atoms with Crippen molar-refractivity contribution >= 4 is 5.91 Å². The molecule has 3 nitrogen and oxygen atoms in total. The summed E-state index contributed by atoms with van der Waals surface area (Å²) in [5, 5.41) is 2.37. The van der Waals surface area contributed by atoms with Gasteiger partial charge >= 0.3 is 0 Å². The second-order valence-corrected chi connectivity index (χ2v) is 2.79. The Morgan fingerprint density at radius 2 is 2.17 bits per heavy atom. The number of nitrogens with zero attached hydrogens (tertiary/aromatic N) is 1. The van der Waals surface area contributed by atoms with Crippen LogP contribution in [0.4, 0.5) is 0 Å². The highest BCUT2D eigenvalue weighted by molar-refractivity contribution is 5.78. The number of carbonyl (C=O) groups excluding carboxylic acids is 1. The fourth-order valence-corrected chi connectivity index (χ4v) is 0.844. The third-order valence-corrected chi connectivity index (χ3v) is 1.68. The van der Waals surface area contributed by atoms with Crippen LogP contribution in [-0.2, 0) is 4.79 Å². The van der Waals surface area contributed by atoms with Crippen LogP contribution in [-0.4, -0.2) is 5.91 Å². The van der Waals surface area contributed by atoms with Crippen molar-refractivity contribution in [3.8, 4) is 0 Å². The Hall–Kier alpha value is -0.990. The molecule has 0 saturated carbocycles. The highest BCUT2D eigenvalue weighted by Crippen LogP contribution is 2.07. The number of hydrogen-bond donors (Lipinski definition) is 0. The van der Waals surface area contributed by atoms with Crippen molar-refractivity contribution in [1.29, 1.82) is 0 Å². The van der Waals surface area contributed by atoms with Gasteiger partial charge < -0.3 is 0 Å². The van der Waals surface area contributed by atoms with Gasteiger partial charge in [0.25, 0.3) is 5.91 Å². The van der Waals surface area contributed by atoms with Gasteiger partial charge in [0.1, 0.15) is 0 Å². The van der Waals surface area contributed by atoms with Gasteiger partial charge in [0.2, 0.25) is 0 Å². The summed E-state index contributed by atoms with van der Waals surface area (Å²) in [4.78, 5) is 20.5. The Balaban J connectivity index is 3.56. The summed E-state index contributed by atoms with van der Waals surface area (Å²) in [7, 11) is 0. The molecule has 0 saturated heterocycles. The summed E-state index contributed by atoms with van der Waals surface area (Å²) in [6.07, 6.45) is 6.63. The molecule has 0 aromatic heterocycles. The molecule has 0 heterocycles. The first-order valence-electron chi connectivity index (χ1n) is 4.24. The molecule has 0 radical (unpaired) electrons. The minimum Gasteiger partial charge on any atom is -0.269 e. The molecule has 0 aromatic carbocycles. The van der Waals surface area contributed by atoms with Gasteiger partial charge in [-0.2, -0.15) is 0 Å². The zero-order chi connectivity index (χ0) is 9.40. The molecule has 3 heteroatoms. The fraction of sp³-hybridized carbons (Fsp3) is 0.667. The Morgan fingerprint density at radius 3 is 2.67 bits per heavy atom. The highest BCUT2D eigenvalue weighted by Gasteiger charge is 2.11. The average Bonchev–Trinajstić information content (AvgIpc) is 2.10. The van der Waals surface area contributed by atoms with E-state index in [9.17, 15) is 9.70 Å². The molecular weight excluding hydrogens is 154 g/mol. The van der Waals surface area contributed by atoms with Crippen LogP contribution in [0.2, 0.25) is 0 Å². The fourth-order valence-electron chi connectivity index (χ4n) is 0.844. The Kier molecular flexibility index (Phi) is 6.15. The van der Waals surface area contributed by atoms with Gasteiger partial charge in [-0.15, -0.1) is 4.91 Å². The van der Waals surface area contributed by atoms with Crippen LogP contribution in [0.1, 0.15) is 33.1 Å². The van der Waals surface area contributed by atoms with E-state index >= 15 is 0 Å². The van der Waals surface area contributed by atoms with E-state index in [-0.39, 0.29) is 5.92 Å². The zero-order valence-electron chi connectivity index (χ0n) is 7.62. The Bertz CT molecular complexity index is 175. The number of nitroso groups, excluding NO2 is 1. The Labute approximate surface area is 72.8 Å². The van der Waals surface area contributed by atoms with Gasteiger partial charge in [-0.1, -0.05) is 26.0 Å². The number of allylic oxidation sites excluding steroid dienone is 2. The van der Waals surface area contributed by atoms with E-state index in [0.29, 0.717) is 6.42 Å². The SMILES string of the molecule is CC/C=C\CCC(C)C(=O)N=O. The minimum absolute atomic E-state index is 0.232. The molecule has 1 atom stereocenters. The van der Waals surface area contributed by atoms with Crippen molar-refractivity contribution in [2.75, 3.05) is 0 Å². The summed E-state index contributed by atoms with van der Waals surface area (Å²) in [5.41, 5.74) is 0. The van der Waals surface area contributed by atoms with Crippen molar-refractivity contribution < 1.29 is 4.79 Å². The van der Waals surface area contributed by atoms with E-state index in [1.807, 2.05) is 12.2 Å². The van der Waals surface area contributed by atoms with Crippen LogP contribution in [0.5, 0.6) is 0 Å². The predicted octanol–water partition coefficient (Wildman–Crippen LogP) is 2.66. The molecular formula is C9H15NO2. The molecule has 1 amide bonds. The summed E-state index contributed by atoms with van der Waals surface area (Å²) < 4.78 is 0. The number of amides is 1. The van der Waals surface area contributed by atoms with E-state index < -0.39 is 5.91 Å². The number of hydrogen-bond acceptors (Lipinski definition) is 2. The van der Waals surface area contributed by atoms with Crippen LogP contribution in [0.25, 0.3) is 0 Å². The second kappa shape index (κ2) is 6.70. The topological polar surface area (TPSA) is 46.5 Å². The van der Waals surface area contributed by atoms with Gasteiger partial charge in [0.15, 0.2) is 0 Å². The smallest absolute Gasteiger partial charge is 0.269 e. The molecule has 0 aliphatic heterocycles. The molecule has 1 unspecified atom stereocenters. The largest absolute Gasteiger partial charge is 0.289 e. The molecule has 0 aliphatic rings. The molecule has 0 N–H and O–H groups in total. The first kappa shape index (κ1) is 11.0. The summed E-state index contributed by atoms with van der Waals surface area (Å²) in [6, 6.07) is 0. The first-order valence-corrected chi connectivity index (χ1v) is 4.24. The van der Waals surface area contributed by atoms with Crippen molar-refractivity contribution in [2.45, 2.75) is 33.1 Å². The van der Waals surface area contributed by atoms with Crippen LogP contribution >= 0.6 is 0 Å². The first-order chi connectivity index (χ1) is 5.72. The maximum absolute atomic E-state index is 10.7. The molecule has 12 heavy (non-hydrogen) atoms. The average molecular weight is 169 g/mol. The standard InChI is InChI=1S/C9H15NO2/c1-3-4-5-6-7-8(2)9(11)10-12/h4-5,8H,3,6-7H2,1-2H3/b5-4-. The summed E-state index contributed by atoms with van der Waals surface area (Å²) >= 11 is 0.